The summed E-state index contributed by atoms with van der Waals surface area (Å²) < 4.78 is 0. The molecule has 1 aliphatic carbocycles. The highest BCUT2D eigenvalue weighted by Crippen LogP contribution is 2.20. The van der Waals surface area contributed by atoms with Gasteiger partial charge in [-0.2, -0.15) is 0 Å². The second-order valence-electron chi connectivity index (χ2n) is 2.63. The summed E-state index contributed by atoms with van der Waals surface area (Å²) in [6.07, 6.45) is 5.38. The maximum Gasteiger partial charge on any atom is 0.333 e. The van der Waals surface area contributed by atoms with E-state index < -0.39 is 18.0 Å². The SMILES string of the molecule is C=C1C=CC=CC1C(O)C(=O)O. The lowest BCUT2D eigenvalue weighted by molar-refractivity contribution is -0.147. The highest BCUT2D eigenvalue weighted by atomic mass is 16.4. The molecule has 0 heterocycles. The van der Waals surface area contributed by atoms with Crippen LogP contribution in [0.15, 0.2) is 36.5 Å². The molecule has 2 unspecified atom stereocenters. The third-order valence-corrected chi connectivity index (χ3v) is 1.76. The van der Waals surface area contributed by atoms with E-state index in [1.54, 1.807) is 24.3 Å². The zero-order chi connectivity index (χ0) is 9.14. The van der Waals surface area contributed by atoms with Crippen LogP contribution in [0, 0.1) is 5.92 Å². The smallest absolute Gasteiger partial charge is 0.333 e. The molecule has 0 radical (unpaired) electrons. The van der Waals surface area contributed by atoms with Crippen molar-refractivity contribution < 1.29 is 15.0 Å². The van der Waals surface area contributed by atoms with Crippen molar-refractivity contribution in [3.8, 4) is 0 Å². The molecule has 3 nitrogen and oxygen atoms in total. The largest absolute Gasteiger partial charge is 0.479 e. The second-order valence-corrected chi connectivity index (χ2v) is 2.63. The van der Waals surface area contributed by atoms with Gasteiger partial charge >= 0.3 is 5.97 Å². The fourth-order valence-corrected chi connectivity index (χ4v) is 1.06. The number of carbonyl (C=O) groups is 1. The average Bonchev–Trinajstić information content (AvgIpc) is 2.04. The molecular formula is C9H10O3. The maximum absolute atomic E-state index is 10.4. The van der Waals surface area contributed by atoms with Crippen LogP contribution in [-0.2, 0) is 4.79 Å². The first kappa shape index (κ1) is 8.74. The minimum atomic E-state index is -1.39. The van der Waals surface area contributed by atoms with Gasteiger partial charge in [0.25, 0.3) is 0 Å². The number of aliphatic carboxylic acids is 1. The third kappa shape index (κ3) is 1.62. The lowest BCUT2D eigenvalue weighted by atomic mass is 9.91. The van der Waals surface area contributed by atoms with Gasteiger partial charge in [0, 0.05) is 5.92 Å². The Morgan fingerprint density at radius 2 is 2.25 bits per heavy atom. The van der Waals surface area contributed by atoms with Crippen LogP contribution in [0.25, 0.3) is 0 Å². The van der Waals surface area contributed by atoms with Gasteiger partial charge in [0.2, 0.25) is 0 Å². The van der Waals surface area contributed by atoms with E-state index in [2.05, 4.69) is 6.58 Å². The predicted octanol–water partition coefficient (Wildman–Crippen LogP) is 0.730. The predicted molar refractivity (Wildman–Crippen MR) is 44.6 cm³/mol. The van der Waals surface area contributed by atoms with Gasteiger partial charge in [0.15, 0.2) is 6.10 Å². The van der Waals surface area contributed by atoms with Gasteiger partial charge in [0.1, 0.15) is 0 Å². The molecule has 0 aromatic carbocycles. The Labute approximate surface area is 70.3 Å². The highest BCUT2D eigenvalue weighted by molar-refractivity contribution is 5.73. The number of carboxylic acids is 1. The molecule has 0 aromatic rings. The van der Waals surface area contributed by atoms with Crippen molar-refractivity contribution in [1.82, 2.24) is 0 Å². The number of rotatable bonds is 2. The average molecular weight is 166 g/mol. The molecule has 1 aliphatic rings. The zero-order valence-electron chi connectivity index (χ0n) is 6.47. The highest BCUT2D eigenvalue weighted by Gasteiger charge is 2.25. The Balaban J connectivity index is 2.76. The molecule has 0 aliphatic heterocycles. The lowest BCUT2D eigenvalue weighted by Gasteiger charge is -2.18. The van der Waals surface area contributed by atoms with Crippen molar-refractivity contribution in [3.05, 3.63) is 36.5 Å². The molecule has 64 valence electrons. The van der Waals surface area contributed by atoms with Crippen LogP contribution in [-0.4, -0.2) is 22.3 Å². The summed E-state index contributed by atoms with van der Waals surface area (Å²) in [5.74, 6) is -1.71. The lowest BCUT2D eigenvalue weighted by Crippen LogP contribution is -2.29. The Morgan fingerprint density at radius 1 is 1.58 bits per heavy atom. The fraction of sp³-hybridized carbons (Fsp3) is 0.222. The molecule has 0 saturated heterocycles. The van der Waals surface area contributed by atoms with E-state index in [4.69, 9.17) is 5.11 Å². The molecule has 2 N–H and O–H groups in total. The molecule has 0 amide bonds. The van der Waals surface area contributed by atoms with Crippen LogP contribution >= 0.6 is 0 Å². The van der Waals surface area contributed by atoms with Crippen molar-refractivity contribution in [1.29, 1.82) is 0 Å². The standard InChI is InChI=1S/C9H10O3/c1-6-4-2-3-5-7(6)8(10)9(11)12/h2-5,7-8,10H,1H2,(H,11,12). The first-order chi connectivity index (χ1) is 5.63. The molecule has 0 fully saturated rings. The van der Waals surface area contributed by atoms with E-state index >= 15 is 0 Å². The number of hydrogen-bond acceptors (Lipinski definition) is 2. The number of carboxylic acid groups (broad SMARTS) is 1. The van der Waals surface area contributed by atoms with Crippen LogP contribution in [0.2, 0.25) is 0 Å². The van der Waals surface area contributed by atoms with Crippen LogP contribution in [0.4, 0.5) is 0 Å². The van der Waals surface area contributed by atoms with E-state index in [1.807, 2.05) is 0 Å². The van der Waals surface area contributed by atoms with Crippen molar-refractivity contribution in [2.75, 3.05) is 0 Å². The number of allylic oxidation sites excluding steroid dienone is 3. The Hall–Kier alpha value is -1.35. The molecule has 1 rings (SSSR count). The fourth-order valence-electron chi connectivity index (χ4n) is 1.06. The minimum absolute atomic E-state index is 0.493. The Bertz CT molecular complexity index is 263. The van der Waals surface area contributed by atoms with Crippen LogP contribution in [0.1, 0.15) is 0 Å². The number of hydrogen-bond donors (Lipinski definition) is 2. The first-order valence-electron chi connectivity index (χ1n) is 3.57. The van der Waals surface area contributed by atoms with E-state index in [-0.39, 0.29) is 0 Å². The van der Waals surface area contributed by atoms with Crippen molar-refractivity contribution in [2.45, 2.75) is 6.10 Å². The molecule has 0 bridgehead atoms. The molecule has 12 heavy (non-hydrogen) atoms. The van der Waals surface area contributed by atoms with Crippen molar-refractivity contribution in [3.63, 3.8) is 0 Å². The molecule has 0 spiro atoms. The van der Waals surface area contributed by atoms with Gasteiger partial charge in [-0.3, -0.25) is 0 Å². The molecule has 2 atom stereocenters. The van der Waals surface area contributed by atoms with Gasteiger partial charge in [-0.05, 0) is 5.57 Å². The third-order valence-electron chi connectivity index (χ3n) is 1.76. The summed E-state index contributed by atoms with van der Waals surface area (Å²) in [7, 11) is 0. The van der Waals surface area contributed by atoms with Gasteiger partial charge in [0.05, 0.1) is 0 Å². The van der Waals surface area contributed by atoms with Crippen LogP contribution in [0.5, 0.6) is 0 Å². The maximum atomic E-state index is 10.4. The molecule has 0 saturated carbocycles. The number of aliphatic hydroxyl groups excluding tert-OH is 1. The molecular weight excluding hydrogens is 156 g/mol. The Kier molecular flexibility index (Phi) is 2.45. The van der Waals surface area contributed by atoms with Gasteiger partial charge in [-0.1, -0.05) is 30.9 Å². The van der Waals surface area contributed by atoms with Crippen LogP contribution in [0.3, 0.4) is 0 Å². The minimum Gasteiger partial charge on any atom is -0.479 e. The quantitative estimate of drug-likeness (QED) is 0.635. The Morgan fingerprint density at radius 3 is 2.75 bits per heavy atom. The summed E-state index contributed by atoms with van der Waals surface area (Å²) in [6.45, 7) is 3.64. The van der Waals surface area contributed by atoms with E-state index in [0.717, 1.165) is 0 Å². The van der Waals surface area contributed by atoms with E-state index in [9.17, 15) is 9.90 Å². The van der Waals surface area contributed by atoms with E-state index in [0.29, 0.717) is 5.57 Å². The van der Waals surface area contributed by atoms with Crippen LogP contribution < -0.4 is 0 Å². The summed E-state index contributed by atoms with van der Waals surface area (Å²) in [4.78, 5) is 10.4. The monoisotopic (exact) mass is 166 g/mol. The zero-order valence-corrected chi connectivity index (χ0v) is 6.47. The molecule has 0 aromatic heterocycles. The van der Waals surface area contributed by atoms with Gasteiger partial charge in [-0.25, -0.2) is 4.79 Å². The second kappa shape index (κ2) is 3.36. The van der Waals surface area contributed by atoms with Crippen molar-refractivity contribution >= 4 is 5.97 Å². The molecule has 3 heteroatoms. The summed E-state index contributed by atoms with van der Waals surface area (Å²) >= 11 is 0. The topological polar surface area (TPSA) is 57.5 Å². The summed E-state index contributed by atoms with van der Waals surface area (Å²) in [5, 5.41) is 17.7. The van der Waals surface area contributed by atoms with Gasteiger partial charge < -0.3 is 10.2 Å². The van der Waals surface area contributed by atoms with E-state index in [1.165, 1.54) is 0 Å². The van der Waals surface area contributed by atoms with Gasteiger partial charge in [-0.15, -0.1) is 0 Å². The number of aliphatic hydroxyl groups is 1. The summed E-state index contributed by atoms with van der Waals surface area (Å²) in [6, 6.07) is 0. The summed E-state index contributed by atoms with van der Waals surface area (Å²) in [5.41, 5.74) is 0.618. The normalized spacial score (nSPS) is 24.1. The first-order valence-corrected chi connectivity index (χ1v) is 3.57. The van der Waals surface area contributed by atoms with Crippen molar-refractivity contribution in [2.24, 2.45) is 5.92 Å².